The Morgan fingerprint density at radius 2 is 1.75 bits per heavy atom. The van der Waals surface area contributed by atoms with Crippen LogP contribution in [0, 0.1) is 5.92 Å². The molecule has 1 atom stereocenters. The molecule has 0 aliphatic heterocycles. The Bertz CT molecular complexity index is 272. The van der Waals surface area contributed by atoms with Gasteiger partial charge in [-0.1, -0.05) is 45.4 Å². The maximum absolute atomic E-state index is 11.6. The summed E-state index contributed by atoms with van der Waals surface area (Å²) in [7, 11) is 0. The minimum atomic E-state index is -0.858. The lowest BCUT2D eigenvalue weighted by atomic mass is 9.97. The molecule has 0 rings (SSSR count). The number of nitrogens with one attached hydrogen (secondary N) is 1. The summed E-state index contributed by atoms with van der Waals surface area (Å²) in [5, 5.41) is 11.9. The number of carboxylic acids is 1. The molecule has 0 radical (unpaired) electrons. The number of carbonyl (C=O) groups excluding carboxylic acids is 1. The third-order valence-corrected chi connectivity index (χ3v) is 3.66. The molecule has 0 aromatic rings. The normalized spacial score (nSPS) is 12.1. The van der Waals surface area contributed by atoms with E-state index in [4.69, 9.17) is 5.11 Å². The molecule has 0 heterocycles. The quantitative estimate of drug-likeness (QED) is 0.361. The first-order valence-electron chi connectivity index (χ1n) is 7.72. The molecule has 0 bridgehead atoms. The lowest BCUT2D eigenvalue weighted by Crippen LogP contribution is -2.29. The Balaban J connectivity index is 3.81. The van der Waals surface area contributed by atoms with E-state index in [2.05, 4.69) is 24.9 Å². The summed E-state index contributed by atoms with van der Waals surface area (Å²) in [4.78, 5) is 22.7. The van der Waals surface area contributed by atoms with E-state index in [0.717, 1.165) is 31.4 Å². The van der Waals surface area contributed by atoms with Crippen LogP contribution in [-0.4, -0.2) is 29.3 Å². The molecule has 0 aromatic heterocycles. The fourth-order valence-corrected chi connectivity index (χ4v) is 2.24. The van der Waals surface area contributed by atoms with Crippen molar-refractivity contribution < 1.29 is 14.7 Å². The van der Waals surface area contributed by atoms with Gasteiger partial charge in [0, 0.05) is 13.0 Å². The minimum Gasteiger partial charge on any atom is -0.481 e. The molecular weight excluding hydrogens is 274 g/mol. The number of hydrogen-bond donors (Lipinski definition) is 3. The smallest absolute Gasteiger partial charge is 0.307 e. The number of amides is 1. The zero-order valence-corrected chi connectivity index (χ0v) is 13.5. The monoisotopic (exact) mass is 303 g/mol. The van der Waals surface area contributed by atoms with Crippen molar-refractivity contribution in [1.82, 2.24) is 5.32 Å². The SMILES string of the molecule is CCCCCCCCC(CC(=O)NCCCS)C(=O)O. The van der Waals surface area contributed by atoms with Crippen molar-refractivity contribution in [1.29, 1.82) is 0 Å². The fourth-order valence-electron chi connectivity index (χ4n) is 2.09. The van der Waals surface area contributed by atoms with Crippen LogP contribution >= 0.6 is 12.6 Å². The van der Waals surface area contributed by atoms with Gasteiger partial charge in [0.15, 0.2) is 0 Å². The largest absolute Gasteiger partial charge is 0.481 e. The first-order valence-corrected chi connectivity index (χ1v) is 8.35. The molecule has 5 heteroatoms. The van der Waals surface area contributed by atoms with Crippen LogP contribution in [0.25, 0.3) is 0 Å². The predicted molar refractivity (Wildman–Crippen MR) is 85.2 cm³/mol. The first-order chi connectivity index (χ1) is 9.61. The standard InChI is InChI=1S/C15H29NO3S/c1-2-3-4-5-6-7-9-13(15(18)19)12-14(17)16-10-8-11-20/h13,20H,2-12H2,1H3,(H,16,17)(H,18,19). The van der Waals surface area contributed by atoms with Gasteiger partial charge in [0.05, 0.1) is 5.92 Å². The van der Waals surface area contributed by atoms with E-state index in [0.29, 0.717) is 13.0 Å². The lowest BCUT2D eigenvalue weighted by molar-refractivity contribution is -0.144. The van der Waals surface area contributed by atoms with E-state index in [1.807, 2.05) is 0 Å². The number of aliphatic carboxylic acids is 1. The van der Waals surface area contributed by atoms with Gasteiger partial charge in [0.2, 0.25) is 5.91 Å². The van der Waals surface area contributed by atoms with Crippen molar-refractivity contribution >= 4 is 24.5 Å². The molecule has 1 amide bonds. The second-order valence-corrected chi connectivity index (χ2v) is 5.67. The highest BCUT2D eigenvalue weighted by Gasteiger charge is 2.20. The summed E-state index contributed by atoms with van der Waals surface area (Å²) in [6, 6.07) is 0. The lowest BCUT2D eigenvalue weighted by Gasteiger charge is -2.12. The van der Waals surface area contributed by atoms with Crippen LogP contribution in [0.4, 0.5) is 0 Å². The fraction of sp³-hybridized carbons (Fsp3) is 0.867. The van der Waals surface area contributed by atoms with E-state index in [-0.39, 0.29) is 12.3 Å². The maximum atomic E-state index is 11.6. The molecule has 0 fully saturated rings. The topological polar surface area (TPSA) is 66.4 Å². The predicted octanol–water partition coefficient (Wildman–Crippen LogP) is 3.26. The van der Waals surface area contributed by atoms with Crippen molar-refractivity contribution in [3.8, 4) is 0 Å². The summed E-state index contributed by atoms with van der Waals surface area (Å²) in [6.45, 7) is 2.75. The van der Waals surface area contributed by atoms with Crippen molar-refractivity contribution in [2.24, 2.45) is 5.92 Å². The Morgan fingerprint density at radius 3 is 2.35 bits per heavy atom. The van der Waals surface area contributed by atoms with Gasteiger partial charge in [-0.05, 0) is 18.6 Å². The van der Waals surface area contributed by atoms with Crippen LogP contribution in [0.2, 0.25) is 0 Å². The van der Waals surface area contributed by atoms with Gasteiger partial charge in [0.1, 0.15) is 0 Å². The number of hydrogen-bond acceptors (Lipinski definition) is 3. The van der Waals surface area contributed by atoms with Gasteiger partial charge < -0.3 is 10.4 Å². The van der Waals surface area contributed by atoms with Crippen LogP contribution in [-0.2, 0) is 9.59 Å². The Labute approximate surface area is 128 Å². The molecular formula is C15H29NO3S. The van der Waals surface area contributed by atoms with Gasteiger partial charge >= 0.3 is 5.97 Å². The van der Waals surface area contributed by atoms with Gasteiger partial charge in [-0.3, -0.25) is 9.59 Å². The molecule has 118 valence electrons. The van der Waals surface area contributed by atoms with Crippen LogP contribution < -0.4 is 5.32 Å². The van der Waals surface area contributed by atoms with Crippen LogP contribution in [0.3, 0.4) is 0 Å². The molecule has 0 aliphatic rings. The Morgan fingerprint density at radius 1 is 1.10 bits per heavy atom. The summed E-state index contributed by atoms with van der Waals surface area (Å²) >= 11 is 4.06. The second-order valence-electron chi connectivity index (χ2n) is 5.22. The second kappa shape index (κ2) is 13.3. The molecule has 0 aromatic carbocycles. The van der Waals surface area contributed by atoms with E-state index in [1.54, 1.807) is 0 Å². The average Bonchev–Trinajstić information content (AvgIpc) is 2.41. The number of unbranched alkanes of at least 4 members (excludes halogenated alkanes) is 5. The molecule has 0 spiro atoms. The van der Waals surface area contributed by atoms with Gasteiger partial charge in [0.25, 0.3) is 0 Å². The Kier molecular flexibility index (Phi) is 12.8. The molecule has 20 heavy (non-hydrogen) atoms. The highest BCUT2D eigenvalue weighted by Crippen LogP contribution is 2.15. The van der Waals surface area contributed by atoms with Crippen molar-refractivity contribution in [3.63, 3.8) is 0 Å². The number of thiol groups is 1. The summed E-state index contributed by atoms with van der Waals surface area (Å²) in [5.41, 5.74) is 0. The highest BCUT2D eigenvalue weighted by atomic mass is 32.1. The van der Waals surface area contributed by atoms with Crippen molar-refractivity contribution in [2.75, 3.05) is 12.3 Å². The molecule has 0 saturated carbocycles. The number of rotatable bonds is 13. The molecule has 1 unspecified atom stereocenters. The van der Waals surface area contributed by atoms with Gasteiger partial charge in [-0.2, -0.15) is 12.6 Å². The molecule has 0 aliphatic carbocycles. The third-order valence-electron chi connectivity index (χ3n) is 3.34. The molecule has 4 nitrogen and oxygen atoms in total. The first kappa shape index (κ1) is 19.3. The van der Waals surface area contributed by atoms with Crippen LogP contribution in [0.15, 0.2) is 0 Å². The van der Waals surface area contributed by atoms with Crippen LogP contribution in [0.5, 0.6) is 0 Å². The number of carbonyl (C=O) groups is 2. The molecule has 2 N–H and O–H groups in total. The summed E-state index contributed by atoms with van der Waals surface area (Å²) < 4.78 is 0. The van der Waals surface area contributed by atoms with Crippen LogP contribution in [0.1, 0.15) is 64.7 Å². The third kappa shape index (κ3) is 11.1. The van der Waals surface area contributed by atoms with Crippen molar-refractivity contribution in [3.05, 3.63) is 0 Å². The number of carboxylic acid groups (broad SMARTS) is 1. The average molecular weight is 303 g/mol. The summed E-state index contributed by atoms with van der Waals surface area (Å²) in [5.74, 6) is -0.842. The highest BCUT2D eigenvalue weighted by molar-refractivity contribution is 7.80. The van der Waals surface area contributed by atoms with E-state index >= 15 is 0 Å². The summed E-state index contributed by atoms with van der Waals surface area (Å²) in [6.07, 6.45) is 8.30. The van der Waals surface area contributed by atoms with Crippen molar-refractivity contribution in [2.45, 2.75) is 64.7 Å². The maximum Gasteiger partial charge on any atom is 0.307 e. The van der Waals surface area contributed by atoms with Gasteiger partial charge in [-0.25, -0.2) is 0 Å². The van der Waals surface area contributed by atoms with E-state index < -0.39 is 11.9 Å². The van der Waals surface area contributed by atoms with E-state index in [1.165, 1.54) is 19.3 Å². The molecule has 0 saturated heterocycles. The van der Waals surface area contributed by atoms with Gasteiger partial charge in [-0.15, -0.1) is 0 Å². The zero-order chi connectivity index (χ0) is 15.2. The Hall–Kier alpha value is -0.710. The van der Waals surface area contributed by atoms with E-state index in [9.17, 15) is 9.59 Å². The minimum absolute atomic E-state index is 0.0941. The zero-order valence-electron chi connectivity index (χ0n) is 12.6.